The van der Waals surface area contributed by atoms with Crippen LogP contribution >= 0.6 is 0 Å². The summed E-state index contributed by atoms with van der Waals surface area (Å²) in [5, 5.41) is 2.71. The summed E-state index contributed by atoms with van der Waals surface area (Å²) >= 11 is 0. The third-order valence-corrected chi connectivity index (χ3v) is 6.28. The van der Waals surface area contributed by atoms with Gasteiger partial charge < -0.3 is 10.1 Å². The summed E-state index contributed by atoms with van der Waals surface area (Å²) in [5.41, 5.74) is 1.59. The molecule has 0 bridgehead atoms. The standard InChI is InChI=1S/C22H28N2O5S/c1-15(2)14-23-21(25)17(4)29-22(26)18-8-10-19(11-9-18)24(5)30(27,28)20-12-6-16(3)7-13-20/h6-13,15,17H,14H2,1-5H3,(H,23,25). The van der Waals surface area contributed by atoms with Crippen molar-refractivity contribution in [2.45, 2.75) is 38.7 Å². The molecule has 8 heteroatoms. The molecule has 0 saturated carbocycles. The Morgan fingerprint density at radius 3 is 2.10 bits per heavy atom. The zero-order valence-electron chi connectivity index (χ0n) is 17.9. The number of benzene rings is 2. The molecular formula is C22H28N2O5S. The Balaban J connectivity index is 2.07. The van der Waals surface area contributed by atoms with Gasteiger partial charge in [-0.05, 0) is 56.2 Å². The molecule has 2 aromatic rings. The van der Waals surface area contributed by atoms with Gasteiger partial charge in [0.05, 0.1) is 16.1 Å². The number of ether oxygens (including phenoxy) is 1. The number of anilines is 1. The van der Waals surface area contributed by atoms with Crippen molar-refractivity contribution in [3.05, 3.63) is 59.7 Å². The molecule has 0 spiro atoms. The molecule has 0 aliphatic heterocycles. The minimum Gasteiger partial charge on any atom is -0.449 e. The maximum atomic E-state index is 12.8. The highest BCUT2D eigenvalue weighted by molar-refractivity contribution is 7.92. The molecule has 2 rings (SSSR count). The minimum absolute atomic E-state index is 0.181. The highest BCUT2D eigenvalue weighted by Gasteiger charge is 2.22. The van der Waals surface area contributed by atoms with Crippen LogP contribution in [0.4, 0.5) is 5.69 Å². The predicted molar refractivity (Wildman–Crippen MR) is 116 cm³/mol. The molecule has 162 valence electrons. The predicted octanol–water partition coefficient (Wildman–Crippen LogP) is 3.14. The average Bonchev–Trinajstić information content (AvgIpc) is 2.71. The Labute approximate surface area is 178 Å². The molecule has 0 saturated heterocycles. The van der Waals surface area contributed by atoms with Crippen molar-refractivity contribution in [2.24, 2.45) is 5.92 Å². The van der Waals surface area contributed by atoms with Crippen LogP contribution in [0.3, 0.4) is 0 Å². The Hall–Kier alpha value is -2.87. The maximum absolute atomic E-state index is 12.8. The lowest BCUT2D eigenvalue weighted by Gasteiger charge is -2.20. The van der Waals surface area contributed by atoms with Gasteiger partial charge in [0.25, 0.3) is 15.9 Å². The third-order valence-electron chi connectivity index (χ3n) is 4.48. The van der Waals surface area contributed by atoms with Crippen molar-refractivity contribution in [3.8, 4) is 0 Å². The Morgan fingerprint density at radius 1 is 1.00 bits per heavy atom. The number of hydrogen-bond donors (Lipinski definition) is 1. The highest BCUT2D eigenvalue weighted by atomic mass is 32.2. The monoisotopic (exact) mass is 432 g/mol. The van der Waals surface area contributed by atoms with E-state index in [0.717, 1.165) is 9.87 Å². The molecular weight excluding hydrogens is 404 g/mol. The van der Waals surface area contributed by atoms with Gasteiger partial charge in [-0.1, -0.05) is 31.5 Å². The zero-order chi connectivity index (χ0) is 22.5. The summed E-state index contributed by atoms with van der Waals surface area (Å²) in [7, 11) is -2.27. The molecule has 1 N–H and O–H groups in total. The lowest BCUT2D eigenvalue weighted by molar-refractivity contribution is -0.129. The van der Waals surface area contributed by atoms with Crippen LogP contribution in [-0.4, -0.2) is 40.0 Å². The summed E-state index contributed by atoms with van der Waals surface area (Å²) in [4.78, 5) is 24.4. The SMILES string of the molecule is Cc1ccc(S(=O)(=O)N(C)c2ccc(C(=O)OC(C)C(=O)NCC(C)C)cc2)cc1. The topological polar surface area (TPSA) is 92.8 Å². The van der Waals surface area contributed by atoms with Gasteiger partial charge in [0.1, 0.15) is 0 Å². The number of sulfonamides is 1. The van der Waals surface area contributed by atoms with Crippen LogP contribution < -0.4 is 9.62 Å². The van der Waals surface area contributed by atoms with Crippen LogP contribution in [0.5, 0.6) is 0 Å². The van der Waals surface area contributed by atoms with E-state index in [1.807, 2.05) is 20.8 Å². The fourth-order valence-corrected chi connectivity index (χ4v) is 3.74. The van der Waals surface area contributed by atoms with E-state index in [2.05, 4.69) is 5.32 Å². The average molecular weight is 433 g/mol. The maximum Gasteiger partial charge on any atom is 0.338 e. The number of aryl methyl sites for hydroxylation is 1. The first-order valence-electron chi connectivity index (χ1n) is 9.66. The van der Waals surface area contributed by atoms with Crippen LogP contribution in [0.2, 0.25) is 0 Å². The molecule has 1 amide bonds. The number of amides is 1. The molecule has 1 unspecified atom stereocenters. The first-order chi connectivity index (χ1) is 14.0. The zero-order valence-corrected chi connectivity index (χ0v) is 18.7. The van der Waals surface area contributed by atoms with E-state index in [9.17, 15) is 18.0 Å². The Kier molecular flexibility index (Phi) is 7.61. The summed E-state index contributed by atoms with van der Waals surface area (Å²) in [6.07, 6.45) is -0.930. The van der Waals surface area contributed by atoms with Gasteiger partial charge >= 0.3 is 5.97 Å². The van der Waals surface area contributed by atoms with Crippen LogP contribution in [-0.2, 0) is 19.6 Å². The lowest BCUT2D eigenvalue weighted by atomic mass is 10.2. The van der Waals surface area contributed by atoms with Gasteiger partial charge in [-0.25, -0.2) is 13.2 Å². The van der Waals surface area contributed by atoms with Gasteiger partial charge in [-0.3, -0.25) is 9.10 Å². The van der Waals surface area contributed by atoms with Crippen molar-refractivity contribution in [1.29, 1.82) is 0 Å². The molecule has 0 aromatic heterocycles. The summed E-state index contributed by atoms with van der Waals surface area (Å²) in [6.45, 7) is 7.82. The van der Waals surface area contributed by atoms with Gasteiger partial charge in [-0.2, -0.15) is 0 Å². The smallest absolute Gasteiger partial charge is 0.338 e. The van der Waals surface area contributed by atoms with Gasteiger partial charge in [-0.15, -0.1) is 0 Å². The largest absolute Gasteiger partial charge is 0.449 e. The molecule has 0 aliphatic rings. The Morgan fingerprint density at radius 2 is 1.57 bits per heavy atom. The number of hydrogen-bond acceptors (Lipinski definition) is 5. The number of nitrogens with zero attached hydrogens (tertiary/aromatic N) is 1. The molecule has 0 aliphatic carbocycles. The van der Waals surface area contributed by atoms with E-state index in [4.69, 9.17) is 4.74 Å². The van der Waals surface area contributed by atoms with Gasteiger partial charge in [0, 0.05) is 13.6 Å². The highest BCUT2D eigenvalue weighted by Crippen LogP contribution is 2.23. The number of rotatable bonds is 8. The van der Waals surface area contributed by atoms with Crippen molar-refractivity contribution in [1.82, 2.24) is 5.32 Å². The Bertz CT molecular complexity index is 983. The second kappa shape index (κ2) is 9.75. The van der Waals surface area contributed by atoms with E-state index in [0.29, 0.717) is 12.2 Å². The number of esters is 1. The minimum atomic E-state index is -3.72. The first-order valence-corrected chi connectivity index (χ1v) is 11.1. The molecule has 2 aromatic carbocycles. The van der Waals surface area contributed by atoms with Crippen LogP contribution in [0, 0.1) is 12.8 Å². The number of carbonyl (C=O) groups excluding carboxylic acids is 2. The van der Waals surface area contributed by atoms with E-state index >= 15 is 0 Å². The molecule has 1 atom stereocenters. The second-order valence-corrected chi connectivity index (χ2v) is 9.49. The molecule has 7 nitrogen and oxygen atoms in total. The van der Waals surface area contributed by atoms with Gasteiger partial charge in [0.2, 0.25) is 0 Å². The van der Waals surface area contributed by atoms with Crippen molar-refractivity contribution >= 4 is 27.6 Å². The first kappa shape index (κ1) is 23.4. The van der Waals surface area contributed by atoms with E-state index in [1.165, 1.54) is 38.2 Å². The summed E-state index contributed by atoms with van der Waals surface area (Å²) < 4.78 is 31.9. The van der Waals surface area contributed by atoms with Gasteiger partial charge in [0.15, 0.2) is 6.10 Å². The van der Waals surface area contributed by atoms with E-state index < -0.39 is 22.1 Å². The lowest BCUT2D eigenvalue weighted by Crippen LogP contribution is -2.37. The summed E-state index contributed by atoms with van der Waals surface area (Å²) in [6, 6.07) is 12.6. The van der Waals surface area contributed by atoms with Crippen LogP contribution in [0.25, 0.3) is 0 Å². The van der Waals surface area contributed by atoms with E-state index in [-0.39, 0.29) is 22.3 Å². The van der Waals surface area contributed by atoms with Crippen molar-refractivity contribution < 1.29 is 22.7 Å². The van der Waals surface area contributed by atoms with Crippen LogP contribution in [0.15, 0.2) is 53.4 Å². The third kappa shape index (κ3) is 5.82. The molecule has 30 heavy (non-hydrogen) atoms. The number of carbonyl (C=O) groups is 2. The van der Waals surface area contributed by atoms with Crippen LogP contribution in [0.1, 0.15) is 36.7 Å². The quantitative estimate of drug-likeness (QED) is 0.647. The molecule has 0 radical (unpaired) electrons. The van der Waals surface area contributed by atoms with Crippen molar-refractivity contribution in [2.75, 3.05) is 17.9 Å². The fraction of sp³-hybridized carbons (Fsp3) is 0.364. The summed E-state index contributed by atoms with van der Waals surface area (Å²) in [5.74, 6) is -0.729. The second-order valence-electron chi connectivity index (χ2n) is 7.52. The molecule has 0 heterocycles. The molecule has 0 fully saturated rings. The van der Waals surface area contributed by atoms with E-state index in [1.54, 1.807) is 24.3 Å². The number of nitrogens with one attached hydrogen (secondary N) is 1. The fourth-order valence-electron chi connectivity index (χ4n) is 2.55. The normalized spacial score (nSPS) is 12.3. The van der Waals surface area contributed by atoms with Crippen molar-refractivity contribution in [3.63, 3.8) is 0 Å².